The number of aryl methyl sites for hydroxylation is 1. The SMILES string of the molecule is Cc1cc(CNC2CC2)ccc1SCCS(C)(=O)=O. The Morgan fingerprint density at radius 2 is 2.11 bits per heavy atom. The van der Waals surface area contributed by atoms with E-state index in [0.29, 0.717) is 5.75 Å². The van der Waals surface area contributed by atoms with Crippen LogP contribution >= 0.6 is 11.8 Å². The average molecular weight is 299 g/mol. The van der Waals surface area contributed by atoms with Gasteiger partial charge in [-0.05, 0) is 37.0 Å². The predicted molar refractivity (Wildman–Crippen MR) is 81.5 cm³/mol. The molecule has 0 amide bonds. The average Bonchev–Trinajstić information content (AvgIpc) is 3.11. The van der Waals surface area contributed by atoms with Crippen LogP contribution in [-0.4, -0.2) is 32.2 Å². The van der Waals surface area contributed by atoms with E-state index in [9.17, 15) is 8.42 Å². The Hall–Kier alpha value is -0.520. The van der Waals surface area contributed by atoms with E-state index in [2.05, 4.69) is 30.4 Å². The van der Waals surface area contributed by atoms with Gasteiger partial charge in [0.25, 0.3) is 0 Å². The lowest BCUT2D eigenvalue weighted by atomic mass is 10.1. The minimum atomic E-state index is -2.86. The van der Waals surface area contributed by atoms with Crippen molar-refractivity contribution in [2.24, 2.45) is 0 Å². The molecule has 19 heavy (non-hydrogen) atoms. The van der Waals surface area contributed by atoms with E-state index in [0.717, 1.165) is 12.6 Å². The second-order valence-corrected chi connectivity index (χ2v) is 8.63. The second-order valence-electron chi connectivity index (χ2n) is 5.23. The van der Waals surface area contributed by atoms with E-state index in [-0.39, 0.29) is 5.75 Å². The molecule has 0 aliphatic heterocycles. The molecule has 0 aromatic heterocycles. The van der Waals surface area contributed by atoms with Crippen molar-refractivity contribution in [2.75, 3.05) is 17.8 Å². The third-order valence-electron chi connectivity index (χ3n) is 3.12. The van der Waals surface area contributed by atoms with Gasteiger partial charge in [-0.2, -0.15) is 0 Å². The Bertz CT molecular complexity index is 536. The minimum absolute atomic E-state index is 0.238. The zero-order valence-electron chi connectivity index (χ0n) is 11.5. The van der Waals surface area contributed by atoms with Gasteiger partial charge in [-0.1, -0.05) is 12.1 Å². The van der Waals surface area contributed by atoms with Crippen LogP contribution in [0.4, 0.5) is 0 Å². The third kappa shape index (κ3) is 5.55. The zero-order chi connectivity index (χ0) is 13.9. The second kappa shape index (κ2) is 6.29. The summed E-state index contributed by atoms with van der Waals surface area (Å²) in [5.41, 5.74) is 2.53. The van der Waals surface area contributed by atoms with Crippen LogP contribution in [0.3, 0.4) is 0 Å². The molecule has 0 heterocycles. The number of benzene rings is 1. The molecular formula is C14H21NO2S2. The third-order valence-corrected chi connectivity index (χ3v) is 5.50. The summed E-state index contributed by atoms with van der Waals surface area (Å²) >= 11 is 1.62. The van der Waals surface area contributed by atoms with Crippen molar-refractivity contribution >= 4 is 21.6 Å². The van der Waals surface area contributed by atoms with Crippen molar-refractivity contribution in [1.29, 1.82) is 0 Å². The van der Waals surface area contributed by atoms with Crippen LogP contribution in [0, 0.1) is 6.92 Å². The van der Waals surface area contributed by atoms with Crippen LogP contribution in [0.25, 0.3) is 0 Å². The maximum Gasteiger partial charge on any atom is 0.148 e. The topological polar surface area (TPSA) is 46.2 Å². The molecule has 3 nitrogen and oxygen atoms in total. The first-order valence-corrected chi connectivity index (χ1v) is 9.62. The highest BCUT2D eigenvalue weighted by atomic mass is 32.2. The molecule has 0 bridgehead atoms. The molecule has 0 atom stereocenters. The summed E-state index contributed by atoms with van der Waals surface area (Å²) in [6.45, 7) is 3.02. The Kier molecular flexibility index (Phi) is 4.92. The van der Waals surface area contributed by atoms with E-state index < -0.39 is 9.84 Å². The van der Waals surface area contributed by atoms with Crippen LogP contribution in [0.5, 0.6) is 0 Å². The molecule has 1 aliphatic carbocycles. The molecule has 0 saturated heterocycles. The Morgan fingerprint density at radius 3 is 2.68 bits per heavy atom. The molecule has 0 unspecified atom stereocenters. The summed E-state index contributed by atoms with van der Waals surface area (Å²) in [7, 11) is -2.86. The highest BCUT2D eigenvalue weighted by Gasteiger charge is 2.19. The van der Waals surface area contributed by atoms with Crippen LogP contribution in [-0.2, 0) is 16.4 Å². The standard InChI is InChI=1S/C14H21NO2S2/c1-11-9-12(10-15-13-4-5-13)3-6-14(11)18-7-8-19(2,16)17/h3,6,9,13,15H,4-5,7-8,10H2,1-2H3. The minimum Gasteiger partial charge on any atom is -0.310 e. The lowest BCUT2D eigenvalue weighted by Gasteiger charge is -2.09. The van der Waals surface area contributed by atoms with Gasteiger partial charge in [0, 0.05) is 29.5 Å². The fourth-order valence-corrected chi connectivity index (χ4v) is 4.05. The first-order valence-electron chi connectivity index (χ1n) is 6.57. The van der Waals surface area contributed by atoms with Crippen molar-refractivity contribution < 1.29 is 8.42 Å². The van der Waals surface area contributed by atoms with Gasteiger partial charge in [-0.15, -0.1) is 11.8 Å². The number of nitrogens with one attached hydrogen (secondary N) is 1. The first kappa shape index (κ1) is 14.9. The van der Waals surface area contributed by atoms with Gasteiger partial charge >= 0.3 is 0 Å². The van der Waals surface area contributed by atoms with Gasteiger partial charge in [0.05, 0.1) is 5.75 Å². The fourth-order valence-electron chi connectivity index (χ4n) is 1.84. The van der Waals surface area contributed by atoms with Crippen molar-refractivity contribution in [3.05, 3.63) is 29.3 Å². The summed E-state index contributed by atoms with van der Waals surface area (Å²) in [6.07, 6.45) is 3.89. The van der Waals surface area contributed by atoms with Crippen molar-refractivity contribution in [1.82, 2.24) is 5.32 Å². The highest BCUT2D eigenvalue weighted by molar-refractivity contribution is 8.00. The number of hydrogen-bond donors (Lipinski definition) is 1. The summed E-state index contributed by atoms with van der Waals surface area (Å²) in [5, 5.41) is 3.50. The first-order chi connectivity index (χ1) is 8.94. The summed E-state index contributed by atoms with van der Waals surface area (Å²) in [5.74, 6) is 0.863. The molecule has 1 N–H and O–H groups in total. The van der Waals surface area contributed by atoms with Crippen LogP contribution in [0.1, 0.15) is 24.0 Å². The maximum atomic E-state index is 11.1. The van der Waals surface area contributed by atoms with Gasteiger partial charge in [0.2, 0.25) is 0 Å². The quantitative estimate of drug-likeness (QED) is 0.785. The molecule has 0 radical (unpaired) electrons. The number of rotatable bonds is 7. The lowest BCUT2D eigenvalue weighted by molar-refractivity contribution is 0.603. The fraction of sp³-hybridized carbons (Fsp3) is 0.571. The van der Waals surface area contributed by atoms with Crippen molar-refractivity contribution in [3.8, 4) is 0 Å². The van der Waals surface area contributed by atoms with E-state index >= 15 is 0 Å². The van der Waals surface area contributed by atoms with Crippen molar-refractivity contribution in [3.63, 3.8) is 0 Å². The molecule has 0 spiro atoms. The molecule has 2 rings (SSSR count). The molecule has 1 fully saturated rings. The predicted octanol–water partition coefficient (Wildman–Crippen LogP) is 2.38. The molecular weight excluding hydrogens is 278 g/mol. The van der Waals surface area contributed by atoms with E-state index in [4.69, 9.17) is 0 Å². The molecule has 1 aromatic rings. The highest BCUT2D eigenvalue weighted by Crippen LogP contribution is 2.24. The number of thioether (sulfide) groups is 1. The van der Waals surface area contributed by atoms with Crippen molar-refractivity contribution in [2.45, 2.75) is 37.2 Å². The molecule has 1 saturated carbocycles. The van der Waals surface area contributed by atoms with Crippen LogP contribution in [0.2, 0.25) is 0 Å². The number of hydrogen-bond acceptors (Lipinski definition) is 4. The van der Waals surface area contributed by atoms with Crippen LogP contribution in [0.15, 0.2) is 23.1 Å². The molecule has 1 aromatic carbocycles. The summed E-state index contributed by atoms with van der Waals surface area (Å²) in [4.78, 5) is 1.18. The van der Waals surface area contributed by atoms with Gasteiger partial charge in [0.1, 0.15) is 9.84 Å². The van der Waals surface area contributed by atoms with E-state index in [1.807, 2.05) is 0 Å². The normalized spacial score (nSPS) is 15.7. The van der Waals surface area contributed by atoms with Gasteiger partial charge in [0.15, 0.2) is 0 Å². The molecule has 5 heteroatoms. The Labute approximate surface area is 120 Å². The maximum absolute atomic E-state index is 11.1. The Balaban J connectivity index is 1.86. The lowest BCUT2D eigenvalue weighted by Crippen LogP contribution is -2.15. The monoisotopic (exact) mass is 299 g/mol. The summed E-state index contributed by atoms with van der Waals surface area (Å²) in [6, 6.07) is 7.15. The van der Waals surface area contributed by atoms with E-state index in [1.54, 1.807) is 11.8 Å². The smallest absolute Gasteiger partial charge is 0.148 e. The van der Waals surface area contributed by atoms with Gasteiger partial charge in [-0.3, -0.25) is 0 Å². The Morgan fingerprint density at radius 1 is 1.37 bits per heavy atom. The molecule has 106 valence electrons. The zero-order valence-corrected chi connectivity index (χ0v) is 13.1. The van der Waals surface area contributed by atoms with Gasteiger partial charge in [-0.25, -0.2) is 8.42 Å². The van der Waals surface area contributed by atoms with Crippen LogP contribution < -0.4 is 5.32 Å². The molecule has 1 aliphatic rings. The largest absolute Gasteiger partial charge is 0.310 e. The summed E-state index contributed by atoms with van der Waals surface area (Å²) < 4.78 is 22.2. The van der Waals surface area contributed by atoms with E-state index in [1.165, 1.54) is 35.1 Å². The number of sulfone groups is 1. The van der Waals surface area contributed by atoms with Gasteiger partial charge < -0.3 is 5.32 Å².